The van der Waals surface area contributed by atoms with Crippen LogP contribution in [0.5, 0.6) is 5.75 Å². The van der Waals surface area contributed by atoms with E-state index in [1.165, 1.54) is 17.0 Å². The summed E-state index contributed by atoms with van der Waals surface area (Å²) >= 11 is 1.70. The van der Waals surface area contributed by atoms with E-state index in [-0.39, 0.29) is 29.7 Å². The van der Waals surface area contributed by atoms with Crippen LogP contribution in [0.25, 0.3) is 0 Å². The van der Waals surface area contributed by atoms with Crippen molar-refractivity contribution >= 4 is 41.3 Å². The molecule has 1 heterocycles. The van der Waals surface area contributed by atoms with Crippen LogP contribution < -0.4 is 15.4 Å². The molecule has 0 aliphatic carbocycles. The van der Waals surface area contributed by atoms with Crippen molar-refractivity contribution in [1.82, 2.24) is 15.6 Å². The maximum absolute atomic E-state index is 12.1. The Kier molecular flexibility index (Phi) is 10.0. The number of alkyl halides is 3. The first-order valence-electron chi connectivity index (χ1n) is 8.43. The van der Waals surface area contributed by atoms with E-state index in [4.69, 9.17) is 4.74 Å². The number of benzene rings is 1. The molecule has 28 heavy (non-hydrogen) atoms. The number of rotatable bonds is 7. The molecule has 156 valence electrons. The summed E-state index contributed by atoms with van der Waals surface area (Å²) in [4.78, 5) is 9.83. The van der Waals surface area contributed by atoms with E-state index in [0.717, 1.165) is 29.2 Å². The highest BCUT2D eigenvalue weighted by Gasteiger charge is 2.28. The Labute approximate surface area is 183 Å². The van der Waals surface area contributed by atoms with Gasteiger partial charge >= 0.3 is 6.18 Å². The van der Waals surface area contributed by atoms with Crippen LogP contribution in [-0.4, -0.2) is 37.3 Å². The number of hydrogen-bond acceptors (Lipinski definition) is 4. The minimum absolute atomic E-state index is 0. The van der Waals surface area contributed by atoms with Gasteiger partial charge in [0.1, 0.15) is 5.75 Å². The van der Waals surface area contributed by atoms with Crippen LogP contribution in [0.4, 0.5) is 13.2 Å². The quantitative estimate of drug-likeness (QED) is 0.321. The minimum atomic E-state index is -4.34. The lowest BCUT2D eigenvalue weighted by atomic mass is 10.2. The first kappa shape index (κ1) is 24.5. The number of nitrogens with zero attached hydrogens (tertiary/aromatic N) is 2. The van der Waals surface area contributed by atoms with Crippen molar-refractivity contribution in [3.8, 4) is 5.75 Å². The molecule has 0 fully saturated rings. The molecule has 0 aliphatic heterocycles. The SMILES string of the molecule is CN=C(NCCc1sc(C)nc1C)NCc1ccc(OCC(F)(F)F)cc1.I. The highest BCUT2D eigenvalue weighted by Crippen LogP contribution is 2.19. The molecule has 0 saturated carbocycles. The Morgan fingerprint density at radius 3 is 2.39 bits per heavy atom. The molecular weight excluding hydrogens is 504 g/mol. The standard InChI is InChI=1S/C18H23F3N4OS.HI/c1-12-16(27-13(2)25-12)8-9-23-17(22-3)24-10-14-4-6-15(7-5-14)26-11-18(19,20)21;/h4-7H,8-11H2,1-3H3,(H2,22,23,24);1H. The fourth-order valence-corrected chi connectivity index (χ4v) is 3.31. The third kappa shape index (κ3) is 8.63. The Morgan fingerprint density at radius 2 is 1.86 bits per heavy atom. The van der Waals surface area contributed by atoms with Crippen molar-refractivity contribution in [2.45, 2.75) is 33.0 Å². The van der Waals surface area contributed by atoms with Gasteiger partial charge in [-0.25, -0.2) is 4.98 Å². The molecule has 2 N–H and O–H groups in total. The second-order valence-corrected chi connectivity index (χ2v) is 7.18. The van der Waals surface area contributed by atoms with Crippen molar-refractivity contribution < 1.29 is 17.9 Å². The van der Waals surface area contributed by atoms with Gasteiger partial charge < -0.3 is 15.4 Å². The number of thiazole rings is 1. The fourth-order valence-electron chi connectivity index (χ4n) is 2.37. The molecule has 5 nitrogen and oxygen atoms in total. The predicted octanol–water partition coefficient (Wildman–Crippen LogP) is 4.23. The average molecular weight is 528 g/mol. The summed E-state index contributed by atoms with van der Waals surface area (Å²) in [6, 6.07) is 6.48. The van der Waals surface area contributed by atoms with Crippen LogP contribution in [0, 0.1) is 13.8 Å². The molecule has 2 aromatic rings. The molecule has 0 bridgehead atoms. The number of nitrogens with one attached hydrogen (secondary N) is 2. The van der Waals surface area contributed by atoms with Crippen LogP contribution in [0.3, 0.4) is 0 Å². The number of guanidine groups is 1. The number of ether oxygens (including phenoxy) is 1. The van der Waals surface area contributed by atoms with E-state index >= 15 is 0 Å². The highest BCUT2D eigenvalue weighted by molar-refractivity contribution is 14.0. The van der Waals surface area contributed by atoms with Gasteiger partial charge in [-0.1, -0.05) is 12.1 Å². The molecule has 1 aromatic carbocycles. The van der Waals surface area contributed by atoms with Crippen molar-refractivity contribution in [2.75, 3.05) is 20.2 Å². The lowest BCUT2D eigenvalue weighted by Gasteiger charge is -2.12. The average Bonchev–Trinajstić information content (AvgIpc) is 2.93. The number of aromatic nitrogens is 1. The van der Waals surface area contributed by atoms with E-state index in [1.807, 2.05) is 13.8 Å². The molecule has 1 aromatic heterocycles. The lowest BCUT2D eigenvalue weighted by Crippen LogP contribution is -2.37. The molecule has 0 saturated heterocycles. The largest absolute Gasteiger partial charge is 0.484 e. The third-order valence-corrected chi connectivity index (χ3v) is 4.79. The van der Waals surface area contributed by atoms with E-state index < -0.39 is 12.8 Å². The van der Waals surface area contributed by atoms with Gasteiger partial charge in [-0.3, -0.25) is 4.99 Å². The second-order valence-electron chi connectivity index (χ2n) is 5.89. The fraction of sp³-hybridized carbons (Fsp3) is 0.444. The number of aryl methyl sites for hydroxylation is 2. The minimum Gasteiger partial charge on any atom is -0.484 e. The summed E-state index contributed by atoms with van der Waals surface area (Å²) in [5, 5.41) is 7.48. The van der Waals surface area contributed by atoms with Crippen molar-refractivity contribution in [1.29, 1.82) is 0 Å². The summed E-state index contributed by atoms with van der Waals surface area (Å²) in [6.07, 6.45) is -3.47. The molecule has 2 rings (SSSR count). The Balaban J connectivity index is 0.00000392. The number of aliphatic imine (C=N–C) groups is 1. The van der Waals surface area contributed by atoms with Crippen LogP contribution in [-0.2, 0) is 13.0 Å². The summed E-state index contributed by atoms with van der Waals surface area (Å²) in [6.45, 7) is 3.94. The molecule has 0 amide bonds. The predicted molar refractivity (Wildman–Crippen MR) is 117 cm³/mol. The molecule has 10 heteroatoms. The molecule has 0 radical (unpaired) electrons. The van der Waals surface area contributed by atoms with Gasteiger partial charge in [0.2, 0.25) is 0 Å². The monoisotopic (exact) mass is 528 g/mol. The number of hydrogen-bond donors (Lipinski definition) is 2. The Bertz CT molecular complexity index is 763. The summed E-state index contributed by atoms with van der Waals surface area (Å²) in [5.74, 6) is 0.847. The van der Waals surface area contributed by atoms with E-state index in [9.17, 15) is 13.2 Å². The first-order chi connectivity index (χ1) is 12.8. The Morgan fingerprint density at radius 1 is 1.18 bits per heavy atom. The van der Waals surface area contributed by atoms with Gasteiger partial charge in [0.25, 0.3) is 0 Å². The van der Waals surface area contributed by atoms with Gasteiger partial charge in [-0.05, 0) is 31.5 Å². The smallest absolute Gasteiger partial charge is 0.422 e. The topological polar surface area (TPSA) is 58.5 Å². The van der Waals surface area contributed by atoms with Crippen LogP contribution >= 0.6 is 35.3 Å². The molecule has 0 spiro atoms. The maximum Gasteiger partial charge on any atom is 0.422 e. The zero-order chi connectivity index (χ0) is 19.9. The van der Waals surface area contributed by atoms with Gasteiger partial charge in [-0.2, -0.15) is 13.2 Å². The molecule has 0 unspecified atom stereocenters. The summed E-state index contributed by atoms with van der Waals surface area (Å²) in [7, 11) is 1.69. The van der Waals surface area contributed by atoms with Gasteiger partial charge in [0.05, 0.1) is 10.7 Å². The molecular formula is C18H24F3IN4OS. The number of halogens is 4. The van der Waals surface area contributed by atoms with Crippen LogP contribution in [0.1, 0.15) is 21.1 Å². The van der Waals surface area contributed by atoms with E-state index in [1.54, 1.807) is 30.5 Å². The van der Waals surface area contributed by atoms with Crippen molar-refractivity contribution in [2.24, 2.45) is 4.99 Å². The van der Waals surface area contributed by atoms with E-state index in [0.29, 0.717) is 12.5 Å². The van der Waals surface area contributed by atoms with Gasteiger partial charge in [0, 0.05) is 31.4 Å². The Hall–Kier alpha value is -1.56. The van der Waals surface area contributed by atoms with Gasteiger partial charge in [-0.15, -0.1) is 35.3 Å². The zero-order valence-electron chi connectivity index (χ0n) is 15.9. The first-order valence-corrected chi connectivity index (χ1v) is 9.24. The van der Waals surface area contributed by atoms with Crippen molar-refractivity contribution in [3.05, 3.63) is 45.4 Å². The summed E-state index contributed by atoms with van der Waals surface area (Å²) < 4.78 is 41.1. The molecule has 0 aliphatic rings. The van der Waals surface area contributed by atoms with Crippen molar-refractivity contribution in [3.63, 3.8) is 0 Å². The van der Waals surface area contributed by atoms with Crippen LogP contribution in [0.2, 0.25) is 0 Å². The summed E-state index contributed by atoms with van der Waals surface area (Å²) in [5.41, 5.74) is 1.97. The second kappa shape index (κ2) is 11.4. The van der Waals surface area contributed by atoms with Gasteiger partial charge in [0.15, 0.2) is 12.6 Å². The zero-order valence-corrected chi connectivity index (χ0v) is 19.0. The third-order valence-electron chi connectivity index (χ3n) is 3.65. The lowest BCUT2D eigenvalue weighted by molar-refractivity contribution is -0.153. The van der Waals surface area contributed by atoms with E-state index in [2.05, 4.69) is 20.6 Å². The molecule has 0 atom stereocenters. The maximum atomic E-state index is 12.1. The normalized spacial score (nSPS) is 11.7. The highest BCUT2D eigenvalue weighted by atomic mass is 127. The van der Waals surface area contributed by atoms with Crippen LogP contribution in [0.15, 0.2) is 29.3 Å².